The highest BCUT2D eigenvalue weighted by Gasteiger charge is 2.31. The van der Waals surface area contributed by atoms with E-state index in [-0.39, 0.29) is 11.3 Å². The number of hydrogen-bond acceptors (Lipinski definition) is 4. The fourth-order valence-corrected chi connectivity index (χ4v) is 3.41. The molecule has 0 spiro atoms. The Hall–Kier alpha value is -0.750. The molecule has 5 nitrogen and oxygen atoms in total. The maximum Gasteiger partial charge on any atom is 0.321 e. The van der Waals surface area contributed by atoms with Crippen molar-refractivity contribution < 1.29 is 14.7 Å². The summed E-state index contributed by atoms with van der Waals surface area (Å²) in [5.41, 5.74) is 0. The molecule has 0 saturated carbocycles. The van der Waals surface area contributed by atoms with E-state index in [9.17, 15) is 9.59 Å². The zero-order valence-electron chi connectivity index (χ0n) is 9.72. The molecule has 96 valence electrons. The molecule has 6 heteroatoms. The lowest BCUT2D eigenvalue weighted by Gasteiger charge is -2.27. The third-order valence-electron chi connectivity index (χ3n) is 3.22. The number of rotatable bonds is 3. The Morgan fingerprint density at radius 2 is 2.00 bits per heavy atom. The summed E-state index contributed by atoms with van der Waals surface area (Å²) in [4.78, 5) is 24.6. The van der Waals surface area contributed by atoms with E-state index in [1.165, 1.54) is 18.2 Å². The number of nitrogens with one attached hydrogen (secondary N) is 1. The lowest BCUT2D eigenvalue weighted by molar-refractivity contribution is -0.139. The third kappa shape index (κ3) is 3.35. The molecule has 1 amide bonds. The van der Waals surface area contributed by atoms with E-state index >= 15 is 0 Å². The highest BCUT2D eigenvalue weighted by Crippen LogP contribution is 2.23. The van der Waals surface area contributed by atoms with Crippen LogP contribution in [0.1, 0.15) is 25.7 Å². The Morgan fingerprint density at radius 1 is 1.29 bits per heavy atom. The first kappa shape index (κ1) is 12.7. The average molecular weight is 258 g/mol. The van der Waals surface area contributed by atoms with Gasteiger partial charge in [-0.05, 0) is 19.3 Å². The van der Waals surface area contributed by atoms with E-state index in [1.54, 1.807) is 0 Å². The third-order valence-corrected chi connectivity index (χ3v) is 4.45. The molecular weight excluding hydrogens is 240 g/mol. The van der Waals surface area contributed by atoms with E-state index < -0.39 is 12.0 Å². The van der Waals surface area contributed by atoms with Gasteiger partial charge in [-0.25, -0.2) is 0 Å². The number of carboxylic acid groups (broad SMARTS) is 1. The molecule has 2 aliphatic rings. The number of thioether (sulfide) groups is 1. The van der Waals surface area contributed by atoms with Crippen LogP contribution in [0, 0.1) is 0 Å². The normalized spacial score (nSPS) is 29.3. The molecule has 17 heavy (non-hydrogen) atoms. The van der Waals surface area contributed by atoms with Crippen LogP contribution in [0.15, 0.2) is 0 Å². The van der Waals surface area contributed by atoms with E-state index in [1.807, 2.05) is 4.90 Å². The van der Waals surface area contributed by atoms with Crippen LogP contribution >= 0.6 is 11.8 Å². The highest BCUT2D eigenvalue weighted by atomic mass is 32.2. The van der Waals surface area contributed by atoms with Crippen molar-refractivity contribution in [3.05, 3.63) is 0 Å². The van der Waals surface area contributed by atoms with Gasteiger partial charge in [-0.3, -0.25) is 14.9 Å². The molecule has 0 aliphatic carbocycles. The van der Waals surface area contributed by atoms with Crippen LogP contribution in [0.2, 0.25) is 0 Å². The second kappa shape index (κ2) is 5.73. The van der Waals surface area contributed by atoms with Gasteiger partial charge in [0, 0.05) is 18.8 Å². The van der Waals surface area contributed by atoms with Gasteiger partial charge in [0.25, 0.3) is 0 Å². The predicted molar refractivity (Wildman–Crippen MR) is 65.9 cm³/mol. The standard InChI is InChI=1S/C11H18N2O3S/c14-10(13-4-2-1-3-5-13)6-9-12-8(7-17-9)11(15)16/h8-9,12H,1-7H2,(H,15,16)/t8-,9?/m1/s1. The van der Waals surface area contributed by atoms with Gasteiger partial charge < -0.3 is 10.0 Å². The molecule has 0 aromatic heterocycles. The number of hydrogen-bond donors (Lipinski definition) is 2. The fourth-order valence-electron chi connectivity index (χ4n) is 2.22. The molecule has 2 rings (SSSR count). The Kier molecular flexibility index (Phi) is 4.28. The zero-order chi connectivity index (χ0) is 12.3. The molecular formula is C11H18N2O3S. The van der Waals surface area contributed by atoms with Gasteiger partial charge in [0.1, 0.15) is 6.04 Å². The summed E-state index contributed by atoms with van der Waals surface area (Å²) in [6, 6.07) is -0.501. The van der Waals surface area contributed by atoms with Gasteiger partial charge in [-0.1, -0.05) is 0 Å². The molecule has 2 atom stereocenters. The maximum atomic E-state index is 12.0. The van der Waals surface area contributed by atoms with E-state index in [0.717, 1.165) is 25.9 Å². The molecule has 2 saturated heterocycles. The summed E-state index contributed by atoms with van der Waals surface area (Å²) in [7, 11) is 0. The van der Waals surface area contributed by atoms with Gasteiger partial charge in [0.15, 0.2) is 0 Å². The summed E-state index contributed by atoms with van der Waals surface area (Å²) in [6.07, 6.45) is 3.80. The SMILES string of the molecule is O=C(O)[C@H]1CSC(CC(=O)N2CCCCC2)N1. The quantitative estimate of drug-likeness (QED) is 0.771. The topological polar surface area (TPSA) is 69.6 Å². The Balaban J connectivity index is 1.77. The van der Waals surface area contributed by atoms with Crippen LogP contribution in [0.5, 0.6) is 0 Å². The zero-order valence-corrected chi connectivity index (χ0v) is 10.5. The van der Waals surface area contributed by atoms with Crippen LogP contribution < -0.4 is 5.32 Å². The van der Waals surface area contributed by atoms with Crippen LogP contribution in [0.4, 0.5) is 0 Å². The second-order valence-corrected chi connectivity index (χ2v) is 5.76. The number of aliphatic carboxylic acids is 1. The number of carbonyl (C=O) groups is 2. The van der Waals surface area contributed by atoms with E-state index in [2.05, 4.69) is 5.32 Å². The van der Waals surface area contributed by atoms with Crippen molar-refractivity contribution in [3.63, 3.8) is 0 Å². The Morgan fingerprint density at radius 3 is 2.59 bits per heavy atom. The largest absolute Gasteiger partial charge is 0.480 e. The number of nitrogens with zero attached hydrogens (tertiary/aromatic N) is 1. The van der Waals surface area contributed by atoms with Crippen LogP contribution in [0.3, 0.4) is 0 Å². The summed E-state index contributed by atoms with van der Waals surface area (Å²) >= 11 is 1.53. The summed E-state index contributed by atoms with van der Waals surface area (Å²) in [5, 5.41) is 11.8. The van der Waals surface area contributed by atoms with Crippen molar-refractivity contribution in [2.45, 2.75) is 37.1 Å². The average Bonchev–Trinajstić information content (AvgIpc) is 2.79. The molecule has 0 aromatic carbocycles. The molecule has 0 aromatic rings. The second-order valence-electron chi connectivity index (χ2n) is 4.53. The molecule has 0 radical (unpaired) electrons. The molecule has 0 bridgehead atoms. The molecule has 2 fully saturated rings. The van der Waals surface area contributed by atoms with Crippen LogP contribution in [-0.4, -0.2) is 52.1 Å². The lowest BCUT2D eigenvalue weighted by atomic mass is 10.1. The van der Waals surface area contributed by atoms with Gasteiger partial charge in [-0.2, -0.15) is 0 Å². The minimum absolute atomic E-state index is 0.0365. The number of carbonyl (C=O) groups excluding carboxylic acids is 1. The van der Waals surface area contributed by atoms with Crippen molar-refractivity contribution >= 4 is 23.6 Å². The van der Waals surface area contributed by atoms with Crippen molar-refractivity contribution in [1.29, 1.82) is 0 Å². The van der Waals surface area contributed by atoms with Crippen LogP contribution in [-0.2, 0) is 9.59 Å². The summed E-state index contributed by atoms with van der Waals surface area (Å²) in [5.74, 6) is -0.126. The molecule has 2 N–H and O–H groups in total. The van der Waals surface area contributed by atoms with Gasteiger partial charge in [0.05, 0.1) is 11.8 Å². The number of amides is 1. The molecule has 1 unspecified atom stereocenters. The van der Waals surface area contributed by atoms with E-state index in [4.69, 9.17) is 5.11 Å². The number of carboxylic acids is 1. The smallest absolute Gasteiger partial charge is 0.321 e. The molecule has 2 aliphatic heterocycles. The fraction of sp³-hybridized carbons (Fsp3) is 0.818. The maximum absolute atomic E-state index is 12.0. The Bertz CT molecular complexity index is 305. The first-order valence-electron chi connectivity index (χ1n) is 6.05. The van der Waals surface area contributed by atoms with Crippen molar-refractivity contribution in [1.82, 2.24) is 10.2 Å². The van der Waals surface area contributed by atoms with Crippen LogP contribution in [0.25, 0.3) is 0 Å². The van der Waals surface area contributed by atoms with Crippen molar-refractivity contribution in [3.8, 4) is 0 Å². The van der Waals surface area contributed by atoms with Gasteiger partial charge >= 0.3 is 5.97 Å². The first-order valence-corrected chi connectivity index (χ1v) is 7.10. The number of likely N-dealkylation sites (tertiary alicyclic amines) is 1. The summed E-state index contributed by atoms with van der Waals surface area (Å²) < 4.78 is 0. The molecule has 2 heterocycles. The monoisotopic (exact) mass is 258 g/mol. The van der Waals surface area contributed by atoms with Crippen molar-refractivity contribution in [2.75, 3.05) is 18.8 Å². The first-order chi connectivity index (χ1) is 8.16. The van der Waals surface area contributed by atoms with Gasteiger partial charge in [-0.15, -0.1) is 11.8 Å². The Labute approximate surface area is 105 Å². The highest BCUT2D eigenvalue weighted by molar-refractivity contribution is 8.00. The lowest BCUT2D eigenvalue weighted by Crippen LogP contribution is -2.41. The van der Waals surface area contributed by atoms with Crippen molar-refractivity contribution in [2.24, 2.45) is 0 Å². The number of piperidine rings is 1. The minimum atomic E-state index is -0.828. The van der Waals surface area contributed by atoms with Gasteiger partial charge in [0.2, 0.25) is 5.91 Å². The summed E-state index contributed by atoms with van der Waals surface area (Å²) in [6.45, 7) is 1.72. The predicted octanol–water partition coefficient (Wildman–Crippen LogP) is 0.505. The minimum Gasteiger partial charge on any atom is -0.480 e. The van der Waals surface area contributed by atoms with E-state index in [0.29, 0.717) is 12.2 Å².